The van der Waals surface area contributed by atoms with Gasteiger partial charge in [-0.2, -0.15) is 0 Å². The van der Waals surface area contributed by atoms with E-state index in [0.717, 1.165) is 17.7 Å². The minimum atomic E-state index is -2.39. The van der Waals surface area contributed by atoms with E-state index in [2.05, 4.69) is 37.1 Å². The van der Waals surface area contributed by atoms with Gasteiger partial charge in [-0.15, -0.1) is 0 Å². The number of hydrogen-bond donors (Lipinski definition) is 0. The summed E-state index contributed by atoms with van der Waals surface area (Å²) in [5, 5.41) is 0. The predicted octanol–water partition coefficient (Wildman–Crippen LogP) is 4.28. The van der Waals surface area contributed by atoms with Gasteiger partial charge in [0.2, 0.25) is 0 Å². The fraction of sp³-hybridized carbons (Fsp3) is 0.316. The number of likely N-dealkylation sites (N-methyl/N-ethyl adjacent to an activating group) is 1. The lowest BCUT2D eigenvalue weighted by molar-refractivity contribution is 0.574. The zero-order valence-corrected chi connectivity index (χ0v) is 14.5. The average molecular weight is 315 g/mol. The molecule has 1 aromatic rings. The van der Waals surface area contributed by atoms with Crippen LogP contribution >= 0.6 is 0 Å². The molecule has 0 amide bonds. The van der Waals surface area contributed by atoms with Gasteiger partial charge in [0.1, 0.15) is 0 Å². The fourth-order valence-corrected chi connectivity index (χ4v) is 3.98. The average Bonchev–Trinajstić information content (AvgIpc) is 2.53. The van der Waals surface area contributed by atoms with E-state index in [1.165, 1.54) is 16.7 Å². The number of nitrogens with zero attached hydrogens (tertiary/aromatic N) is 1. The van der Waals surface area contributed by atoms with E-state index in [1.54, 1.807) is 0 Å². The lowest BCUT2D eigenvalue weighted by Crippen LogP contribution is -2.30. The van der Waals surface area contributed by atoms with E-state index in [0.29, 0.717) is 6.54 Å². The van der Waals surface area contributed by atoms with Crippen molar-refractivity contribution in [1.82, 2.24) is 4.31 Å². The second-order valence-electron chi connectivity index (χ2n) is 5.75. The van der Waals surface area contributed by atoms with Crippen molar-refractivity contribution in [1.29, 1.82) is 0 Å². The van der Waals surface area contributed by atoms with Gasteiger partial charge in [0.25, 0.3) is 0 Å². The molecule has 3 heteroatoms. The van der Waals surface area contributed by atoms with Crippen LogP contribution in [0.15, 0.2) is 59.0 Å². The zero-order chi connectivity index (χ0) is 16.2. The van der Waals surface area contributed by atoms with Gasteiger partial charge in [-0.1, -0.05) is 48.1 Å². The molecule has 0 saturated carbocycles. The predicted molar refractivity (Wildman–Crippen MR) is 99.1 cm³/mol. The first kappa shape index (κ1) is 16.8. The summed E-state index contributed by atoms with van der Waals surface area (Å²) in [4.78, 5) is 0.948. The molecule has 118 valence electrons. The summed E-state index contributed by atoms with van der Waals surface area (Å²) in [6.07, 6.45) is 7.95. The van der Waals surface area contributed by atoms with Crippen LogP contribution in [0.25, 0.3) is 5.57 Å². The Balaban J connectivity index is 2.19. The minimum absolute atomic E-state index is 0.628. The van der Waals surface area contributed by atoms with Gasteiger partial charge in [0, 0.05) is 11.4 Å². The van der Waals surface area contributed by atoms with Crippen LogP contribution in [0, 0.1) is 0 Å². The van der Waals surface area contributed by atoms with Gasteiger partial charge in [0.15, 0.2) is 0 Å². The fourth-order valence-electron chi connectivity index (χ4n) is 2.53. The van der Waals surface area contributed by atoms with Crippen molar-refractivity contribution in [3.63, 3.8) is 0 Å². The maximum absolute atomic E-state index is 13.1. The Morgan fingerprint density at radius 2 is 1.95 bits per heavy atom. The highest BCUT2D eigenvalue weighted by Gasteiger charge is 2.19. The Morgan fingerprint density at radius 1 is 1.27 bits per heavy atom. The molecule has 1 aliphatic carbocycles. The van der Waals surface area contributed by atoms with E-state index < -0.39 is 9.71 Å². The molecule has 0 aliphatic heterocycles. The molecule has 1 unspecified atom stereocenters. The monoisotopic (exact) mass is 315 g/mol. The van der Waals surface area contributed by atoms with E-state index in [4.69, 9.17) is 0 Å². The van der Waals surface area contributed by atoms with E-state index >= 15 is 0 Å². The summed E-state index contributed by atoms with van der Waals surface area (Å²) in [5.74, 6) is 4.03. The van der Waals surface area contributed by atoms with Crippen LogP contribution in [0.2, 0.25) is 0 Å². The summed E-state index contributed by atoms with van der Waals surface area (Å²) in [6.45, 7) is 4.76. The van der Waals surface area contributed by atoms with Crippen molar-refractivity contribution >= 4 is 21.2 Å². The molecule has 0 fully saturated rings. The van der Waals surface area contributed by atoms with Crippen molar-refractivity contribution in [2.45, 2.75) is 26.7 Å². The molecule has 2 nitrogen and oxygen atoms in total. The van der Waals surface area contributed by atoms with Gasteiger partial charge in [-0.05, 0) is 56.8 Å². The molecule has 1 aromatic carbocycles. The molecule has 22 heavy (non-hydrogen) atoms. The summed E-state index contributed by atoms with van der Waals surface area (Å²) in [6, 6.07) is 10.2. The van der Waals surface area contributed by atoms with Crippen LogP contribution in [0.4, 0.5) is 0 Å². The highest BCUT2D eigenvalue weighted by Crippen LogP contribution is 2.26. The van der Waals surface area contributed by atoms with E-state index in [1.807, 2.05) is 42.6 Å². The molecule has 2 rings (SSSR count). The number of rotatable bonds is 5. The Kier molecular flexibility index (Phi) is 5.43. The maximum atomic E-state index is 13.1. The first-order valence-electron chi connectivity index (χ1n) is 7.60. The Labute approximate surface area is 135 Å². The molecule has 0 N–H and O–H groups in total. The van der Waals surface area contributed by atoms with Crippen LogP contribution in [0.3, 0.4) is 0 Å². The summed E-state index contributed by atoms with van der Waals surface area (Å²) in [5.41, 5.74) is 3.67. The summed E-state index contributed by atoms with van der Waals surface area (Å²) in [7, 11) is -0.493. The molecule has 0 bridgehead atoms. The quantitative estimate of drug-likeness (QED) is 0.743. The van der Waals surface area contributed by atoms with E-state index in [9.17, 15) is 4.21 Å². The van der Waals surface area contributed by atoms with Crippen LogP contribution < -0.4 is 0 Å². The summed E-state index contributed by atoms with van der Waals surface area (Å²) < 4.78 is 15.0. The van der Waals surface area contributed by atoms with Crippen molar-refractivity contribution in [3.05, 3.63) is 64.6 Å². The molecule has 1 aliphatic rings. The third kappa shape index (κ3) is 3.79. The van der Waals surface area contributed by atoms with Crippen molar-refractivity contribution in [2.24, 2.45) is 0 Å². The number of allylic oxidation sites excluding steroid dienone is 5. The number of benzene rings is 1. The van der Waals surface area contributed by atoms with Crippen molar-refractivity contribution in [2.75, 3.05) is 13.6 Å². The third-order valence-electron chi connectivity index (χ3n) is 4.12. The van der Waals surface area contributed by atoms with Crippen LogP contribution in [0.1, 0.15) is 32.3 Å². The molecule has 0 aromatic heterocycles. The normalized spacial score (nSPS) is 18.6. The topological polar surface area (TPSA) is 20.3 Å². The van der Waals surface area contributed by atoms with Gasteiger partial charge >= 0.3 is 0 Å². The van der Waals surface area contributed by atoms with Gasteiger partial charge in [0.05, 0.1) is 9.71 Å². The number of hydrogen-bond acceptors (Lipinski definition) is 1. The molecule has 0 spiro atoms. The summed E-state index contributed by atoms with van der Waals surface area (Å²) >= 11 is 0. The zero-order valence-electron chi connectivity index (χ0n) is 13.7. The SMILES string of the molecule is C=S(=O)(C1=CC=C(C)CC1)N(C)CC(=CC)c1ccccc1. The standard InChI is InChI=1S/C19H25NOS/c1-5-17(18-9-7-6-8-10-18)15-20(3)22(4,21)19-13-11-16(2)12-14-19/h5-11,13H,4,12,14-15H2,1-3H3. The largest absolute Gasteiger partial charge is 0.248 e. The lowest BCUT2D eigenvalue weighted by atomic mass is 10.1. The van der Waals surface area contributed by atoms with Crippen molar-refractivity contribution < 1.29 is 4.21 Å². The second kappa shape index (κ2) is 7.12. The van der Waals surface area contributed by atoms with Crippen LogP contribution in [-0.2, 0) is 9.71 Å². The van der Waals surface area contributed by atoms with Crippen LogP contribution in [0.5, 0.6) is 0 Å². The first-order valence-corrected chi connectivity index (χ1v) is 9.29. The van der Waals surface area contributed by atoms with Crippen molar-refractivity contribution in [3.8, 4) is 0 Å². The Hall–Kier alpha value is -1.58. The van der Waals surface area contributed by atoms with Gasteiger partial charge in [-0.3, -0.25) is 0 Å². The second-order valence-corrected chi connectivity index (χ2v) is 8.18. The Bertz CT molecular complexity index is 709. The molecule has 0 heterocycles. The van der Waals surface area contributed by atoms with Crippen LogP contribution in [-0.4, -0.2) is 28.0 Å². The minimum Gasteiger partial charge on any atom is -0.248 e. The van der Waals surface area contributed by atoms with E-state index in [-0.39, 0.29) is 0 Å². The maximum Gasteiger partial charge on any atom is 0.0520 e. The Morgan fingerprint density at radius 3 is 2.50 bits per heavy atom. The van der Waals surface area contributed by atoms with Gasteiger partial charge < -0.3 is 0 Å². The highest BCUT2D eigenvalue weighted by atomic mass is 32.2. The highest BCUT2D eigenvalue weighted by molar-refractivity contribution is 8.01. The smallest absolute Gasteiger partial charge is 0.0520 e. The molecular weight excluding hydrogens is 290 g/mol. The lowest BCUT2D eigenvalue weighted by Gasteiger charge is -2.26. The van der Waals surface area contributed by atoms with Gasteiger partial charge in [-0.25, -0.2) is 8.51 Å². The third-order valence-corrected chi connectivity index (χ3v) is 6.41. The molecule has 0 saturated heterocycles. The molecular formula is C19H25NOS. The molecule has 1 atom stereocenters. The first-order chi connectivity index (χ1) is 10.4. The molecule has 0 radical (unpaired) electrons.